The summed E-state index contributed by atoms with van der Waals surface area (Å²) in [7, 11) is 1.76. The van der Waals surface area contributed by atoms with Gasteiger partial charge in [-0.25, -0.2) is 0 Å². The van der Waals surface area contributed by atoms with Crippen LogP contribution in [-0.4, -0.2) is 37.5 Å². The first-order chi connectivity index (χ1) is 8.69. The van der Waals surface area contributed by atoms with Gasteiger partial charge < -0.3 is 10.5 Å². The minimum absolute atomic E-state index is 0.135. The third kappa shape index (κ3) is 3.31. The second-order valence-corrected chi connectivity index (χ2v) is 4.96. The molecule has 4 heteroatoms. The topological polar surface area (TPSA) is 62.3 Å². The van der Waals surface area contributed by atoms with Crippen LogP contribution in [0.2, 0.25) is 0 Å². The number of methoxy groups -OCH3 is 1. The van der Waals surface area contributed by atoms with E-state index in [0.717, 1.165) is 31.8 Å². The van der Waals surface area contributed by atoms with Crippen molar-refractivity contribution in [3.8, 4) is 0 Å². The molecule has 0 amide bonds. The van der Waals surface area contributed by atoms with E-state index in [2.05, 4.69) is 11.0 Å². The Morgan fingerprint density at radius 2 is 2.39 bits per heavy atom. The summed E-state index contributed by atoms with van der Waals surface area (Å²) in [5.41, 5.74) is 7.53. The first-order valence-corrected chi connectivity index (χ1v) is 6.33. The van der Waals surface area contributed by atoms with Crippen LogP contribution in [0, 0.1) is 11.3 Å². The van der Waals surface area contributed by atoms with E-state index in [1.54, 1.807) is 7.11 Å². The smallest absolute Gasteiger partial charge is 0.122 e. The highest BCUT2D eigenvalue weighted by Crippen LogP contribution is 2.19. The molecule has 1 unspecified atom stereocenters. The summed E-state index contributed by atoms with van der Waals surface area (Å²) in [6.45, 7) is 4.00. The van der Waals surface area contributed by atoms with Gasteiger partial charge in [-0.05, 0) is 30.5 Å². The van der Waals surface area contributed by atoms with E-state index in [-0.39, 0.29) is 5.84 Å². The van der Waals surface area contributed by atoms with Gasteiger partial charge in [-0.15, -0.1) is 0 Å². The highest BCUT2D eigenvalue weighted by molar-refractivity contribution is 5.95. The number of hydrogen-bond acceptors (Lipinski definition) is 3. The van der Waals surface area contributed by atoms with Crippen molar-refractivity contribution in [2.24, 2.45) is 11.7 Å². The minimum Gasteiger partial charge on any atom is -0.384 e. The van der Waals surface area contributed by atoms with E-state index in [1.165, 1.54) is 12.0 Å². The average Bonchev–Trinajstić information content (AvgIpc) is 2.77. The number of ether oxygens (including phenoxy) is 1. The average molecular weight is 247 g/mol. The molecule has 1 aromatic rings. The maximum atomic E-state index is 7.45. The zero-order valence-corrected chi connectivity index (χ0v) is 10.9. The standard InChI is InChI=1S/C14H21N3O/c1-18-10-12-5-6-17(9-12)8-11-3-2-4-13(7-11)14(15)16/h2-4,7,12H,5-6,8-10H2,1H3,(H3,15,16). The van der Waals surface area contributed by atoms with E-state index in [0.29, 0.717) is 5.92 Å². The first-order valence-electron chi connectivity index (χ1n) is 6.33. The number of rotatable bonds is 5. The molecular formula is C14H21N3O. The van der Waals surface area contributed by atoms with Crippen molar-refractivity contribution in [2.45, 2.75) is 13.0 Å². The molecule has 0 saturated carbocycles. The molecule has 2 rings (SSSR count). The molecule has 1 aliphatic heterocycles. The fraction of sp³-hybridized carbons (Fsp3) is 0.500. The van der Waals surface area contributed by atoms with Gasteiger partial charge in [0.2, 0.25) is 0 Å². The molecule has 3 N–H and O–H groups in total. The Hall–Kier alpha value is -1.39. The maximum Gasteiger partial charge on any atom is 0.122 e. The summed E-state index contributed by atoms with van der Waals surface area (Å²) in [5, 5.41) is 7.45. The van der Waals surface area contributed by atoms with Crippen LogP contribution in [0.25, 0.3) is 0 Å². The number of hydrogen-bond donors (Lipinski definition) is 2. The maximum absolute atomic E-state index is 7.45. The van der Waals surface area contributed by atoms with Gasteiger partial charge in [-0.1, -0.05) is 18.2 Å². The molecule has 1 heterocycles. The summed E-state index contributed by atoms with van der Waals surface area (Å²) in [6.07, 6.45) is 1.21. The zero-order chi connectivity index (χ0) is 13.0. The molecule has 98 valence electrons. The summed E-state index contributed by atoms with van der Waals surface area (Å²) in [4.78, 5) is 2.43. The van der Waals surface area contributed by atoms with Gasteiger partial charge in [0.1, 0.15) is 5.84 Å². The third-order valence-electron chi connectivity index (χ3n) is 3.42. The number of nitrogens with one attached hydrogen (secondary N) is 1. The lowest BCUT2D eigenvalue weighted by Gasteiger charge is -2.16. The predicted molar refractivity (Wildman–Crippen MR) is 72.7 cm³/mol. The number of nitrogens with two attached hydrogens (primary N) is 1. The second kappa shape index (κ2) is 5.98. The minimum atomic E-state index is 0.135. The quantitative estimate of drug-likeness (QED) is 0.611. The Morgan fingerprint density at radius 3 is 3.11 bits per heavy atom. The summed E-state index contributed by atoms with van der Waals surface area (Å²) >= 11 is 0. The van der Waals surface area contributed by atoms with Crippen molar-refractivity contribution in [1.82, 2.24) is 4.90 Å². The van der Waals surface area contributed by atoms with E-state index >= 15 is 0 Å². The Morgan fingerprint density at radius 1 is 1.56 bits per heavy atom. The molecule has 0 aliphatic carbocycles. The summed E-state index contributed by atoms with van der Waals surface area (Å²) in [6, 6.07) is 7.94. The van der Waals surface area contributed by atoms with E-state index < -0.39 is 0 Å². The normalized spacial score (nSPS) is 20.2. The van der Waals surface area contributed by atoms with E-state index in [9.17, 15) is 0 Å². The van der Waals surface area contributed by atoms with Gasteiger partial charge >= 0.3 is 0 Å². The van der Waals surface area contributed by atoms with Crippen molar-refractivity contribution in [2.75, 3.05) is 26.8 Å². The number of amidine groups is 1. The lowest BCUT2D eigenvalue weighted by molar-refractivity contribution is 0.152. The van der Waals surface area contributed by atoms with E-state index in [4.69, 9.17) is 15.9 Å². The van der Waals surface area contributed by atoms with Crippen LogP contribution in [0.1, 0.15) is 17.5 Å². The van der Waals surface area contributed by atoms with Crippen molar-refractivity contribution < 1.29 is 4.74 Å². The lowest BCUT2D eigenvalue weighted by atomic mass is 10.1. The molecule has 0 radical (unpaired) electrons. The molecule has 1 fully saturated rings. The molecular weight excluding hydrogens is 226 g/mol. The number of nitrogen functional groups attached to an aromatic ring is 1. The highest BCUT2D eigenvalue weighted by Gasteiger charge is 2.22. The summed E-state index contributed by atoms with van der Waals surface area (Å²) in [5.74, 6) is 0.793. The van der Waals surface area contributed by atoms with Crippen LogP contribution >= 0.6 is 0 Å². The Labute approximate surface area is 108 Å². The third-order valence-corrected chi connectivity index (χ3v) is 3.42. The van der Waals surface area contributed by atoms with Crippen molar-refractivity contribution >= 4 is 5.84 Å². The fourth-order valence-electron chi connectivity index (χ4n) is 2.52. The van der Waals surface area contributed by atoms with Gasteiger partial charge in [-0.3, -0.25) is 10.3 Å². The van der Waals surface area contributed by atoms with Gasteiger partial charge in [0.15, 0.2) is 0 Å². The molecule has 1 aromatic carbocycles. The van der Waals surface area contributed by atoms with E-state index in [1.807, 2.05) is 18.2 Å². The number of nitrogens with zero attached hydrogens (tertiary/aromatic N) is 1. The van der Waals surface area contributed by atoms with Crippen LogP contribution in [0.3, 0.4) is 0 Å². The molecule has 0 bridgehead atoms. The molecule has 18 heavy (non-hydrogen) atoms. The van der Waals surface area contributed by atoms with Gasteiger partial charge in [-0.2, -0.15) is 0 Å². The van der Waals surface area contributed by atoms with Crippen LogP contribution in [-0.2, 0) is 11.3 Å². The van der Waals surface area contributed by atoms with Gasteiger partial charge in [0, 0.05) is 25.8 Å². The first kappa shape index (κ1) is 13.1. The van der Waals surface area contributed by atoms with Crippen LogP contribution in [0.4, 0.5) is 0 Å². The molecule has 1 atom stereocenters. The second-order valence-electron chi connectivity index (χ2n) is 4.96. The van der Waals surface area contributed by atoms with Crippen LogP contribution in [0.5, 0.6) is 0 Å². The molecule has 0 spiro atoms. The zero-order valence-electron chi connectivity index (χ0n) is 10.9. The Balaban J connectivity index is 1.94. The molecule has 1 saturated heterocycles. The van der Waals surface area contributed by atoms with Gasteiger partial charge in [0.25, 0.3) is 0 Å². The Kier molecular flexibility index (Phi) is 4.33. The predicted octanol–water partition coefficient (Wildman–Crippen LogP) is 1.44. The molecule has 4 nitrogen and oxygen atoms in total. The summed E-state index contributed by atoms with van der Waals surface area (Å²) < 4.78 is 5.20. The highest BCUT2D eigenvalue weighted by atomic mass is 16.5. The fourth-order valence-corrected chi connectivity index (χ4v) is 2.52. The molecule has 1 aliphatic rings. The number of benzene rings is 1. The SMILES string of the molecule is COCC1CCN(Cc2cccc(C(=N)N)c2)C1. The van der Waals surface area contributed by atoms with Crippen molar-refractivity contribution in [1.29, 1.82) is 5.41 Å². The lowest BCUT2D eigenvalue weighted by Crippen LogP contribution is -2.21. The monoisotopic (exact) mass is 247 g/mol. The van der Waals surface area contributed by atoms with Crippen molar-refractivity contribution in [3.63, 3.8) is 0 Å². The number of likely N-dealkylation sites (tertiary alicyclic amines) is 1. The molecule has 0 aromatic heterocycles. The van der Waals surface area contributed by atoms with Crippen molar-refractivity contribution in [3.05, 3.63) is 35.4 Å². The largest absolute Gasteiger partial charge is 0.384 e. The van der Waals surface area contributed by atoms with Crippen LogP contribution in [0.15, 0.2) is 24.3 Å². The van der Waals surface area contributed by atoms with Gasteiger partial charge in [0.05, 0.1) is 6.61 Å². The Bertz CT molecular complexity index is 419. The van der Waals surface area contributed by atoms with Crippen LogP contribution < -0.4 is 5.73 Å².